The van der Waals surface area contributed by atoms with Gasteiger partial charge in [-0.1, -0.05) is 5.10 Å². The van der Waals surface area contributed by atoms with E-state index in [9.17, 15) is 18.0 Å². The lowest BCUT2D eigenvalue weighted by molar-refractivity contribution is 0.0152. The van der Waals surface area contributed by atoms with Crippen molar-refractivity contribution >= 4 is 28.9 Å². The first-order valence-electron chi connectivity index (χ1n) is 10.7. The molecular formula is C22H18F3N5O5. The number of hydrogen-bond acceptors (Lipinski definition) is 8. The highest BCUT2D eigenvalue weighted by atomic mass is 19.2. The quantitative estimate of drug-likeness (QED) is 0.248. The highest BCUT2D eigenvalue weighted by Gasteiger charge is 2.25. The maximum Gasteiger partial charge on any atom is 0.506 e. The molecule has 2 heterocycles. The molecule has 4 aromatic rings. The Kier molecular flexibility index (Phi) is 5.89. The van der Waals surface area contributed by atoms with Gasteiger partial charge in [-0.3, -0.25) is 0 Å². The number of benzene rings is 2. The van der Waals surface area contributed by atoms with E-state index < -0.39 is 23.6 Å². The van der Waals surface area contributed by atoms with Crippen molar-refractivity contribution in [2.75, 3.05) is 5.32 Å². The molecule has 0 radical (unpaired) electrons. The van der Waals surface area contributed by atoms with Crippen molar-refractivity contribution in [1.82, 2.24) is 20.2 Å². The van der Waals surface area contributed by atoms with E-state index in [-0.39, 0.29) is 35.6 Å². The van der Waals surface area contributed by atoms with Crippen LogP contribution in [0.25, 0.3) is 22.7 Å². The van der Waals surface area contributed by atoms with Crippen molar-refractivity contribution in [3.8, 4) is 17.5 Å². The molecular weight excluding hydrogens is 471 g/mol. The summed E-state index contributed by atoms with van der Waals surface area (Å²) < 4.78 is 56.6. The number of hydrogen-bond donors (Lipinski definition) is 3. The Morgan fingerprint density at radius 2 is 1.77 bits per heavy atom. The molecule has 0 aliphatic heterocycles. The third kappa shape index (κ3) is 4.98. The molecule has 1 aliphatic rings. The Morgan fingerprint density at radius 1 is 1.03 bits per heavy atom. The molecule has 0 spiro atoms. The molecule has 0 saturated heterocycles. The number of fused-ring (bicyclic) bond motifs is 1. The Hall–Kier alpha value is -4.29. The summed E-state index contributed by atoms with van der Waals surface area (Å²) in [6.45, 7) is 0. The molecule has 0 amide bonds. The van der Waals surface area contributed by atoms with Crippen LogP contribution in [0.15, 0.2) is 34.7 Å². The minimum Gasteiger partial charge on any atom is -0.490 e. The average molecular weight is 489 g/mol. The molecule has 10 nitrogen and oxygen atoms in total. The second-order valence-electron chi connectivity index (χ2n) is 7.95. The van der Waals surface area contributed by atoms with Gasteiger partial charge in [-0.15, -0.1) is 5.10 Å². The first kappa shape index (κ1) is 22.5. The maximum absolute atomic E-state index is 13.8. The van der Waals surface area contributed by atoms with Crippen LogP contribution in [0.4, 0.5) is 29.7 Å². The Bertz CT molecular complexity index is 1380. The number of anilines is 2. The third-order valence-electron chi connectivity index (χ3n) is 5.52. The zero-order chi connectivity index (χ0) is 24.5. The molecule has 3 N–H and O–H groups in total. The SMILES string of the molecule is O=C(O)O[C@H]1CC[C@H](Oc2ccc3nc(-c4nnc(Nc5cc(F)c(F)cc5F)o4)[nH]c3c2)CC1. The fourth-order valence-electron chi connectivity index (χ4n) is 3.87. The number of imidazole rings is 1. The summed E-state index contributed by atoms with van der Waals surface area (Å²) in [6.07, 6.45) is 0.879. The molecule has 0 unspecified atom stereocenters. The zero-order valence-electron chi connectivity index (χ0n) is 17.9. The number of nitrogens with one attached hydrogen (secondary N) is 2. The van der Waals surface area contributed by atoms with Crippen LogP contribution in [-0.4, -0.2) is 43.6 Å². The van der Waals surface area contributed by atoms with Crippen molar-refractivity contribution in [3.63, 3.8) is 0 Å². The largest absolute Gasteiger partial charge is 0.506 e. The van der Waals surface area contributed by atoms with Gasteiger partial charge in [0.1, 0.15) is 17.7 Å². The topological polar surface area (TPSA) is 135 Å². The van der Waals surface area contributed by atoms with Gasteiger partial charge in [0.05, 0.1) is 22.8 Å². The molecule has 2 aromatic carbocycles. The Morgan fingerprint density at radius 3 is 2.54 bits per heavy atom. The first-order chi connectivity index (χ1) is 16.8. The Balaban J connectivity index is 1.27. The molecule has 1 saturated carbocycles. The number of aromatic nitrogens is 4. The second-order valence-corrected chi connectivity index (χ2v) is 7.95. The minimum absolute atomic E-state index is 0.00841. The van der Waals surface area contributed by atoms with E-state index in [0.717, 1.165) is 0 Å². The number of H-pyrrole nitrogens is 1. The van der Waals surface area contributed by atoms with Crippen molar-refractivity contribution in [3.05, 3.63) is 47.8 Å². The van der Waals surface area contributed by atoms with E-state index in [1.54, 1.807) is 18.2 Å². The highest BCUT2D eigenvalue weighted by molar-refractivity contribution is 5.79. The lowest BCUT2D eigenvalue weighted by Gasteiger charge is -2.28. The van der Waals surface area contributed by atoms with E-state index in [0.29, 0.717) is 54.6 Å². The summed E-state index contributed by atoms with van der Waals surface area (Å²) in [5.74, 6) is -2.73. The smallest absolute Gasteiger partial charge is 0.490 e. The van der Waals surface area contributed by atoms with Gasteiger partial charge >= 0.3 is 12.2 Å². The van der Waals surface area contributed by atoms with E-state index in [1.807, 2.05) is 0 Å². The summed E-state index contributed by atoms with van der Waals surface area (Å²) >= 11 is 0. The molecule has 35 heavy (non-hydrogen) atoms. The van der Waals surface area contributed by atoms with Crippen molar-refractivity contribution in [2.45, 2.75) is 37.9 Å². The lowest BCUT2D eigenvalue weighted by atomic mass is 9.95. The molecule has 0 bridgehead atoms. The van der Waals surface area contributed by atoms with E-state index >= 15 is 0 Å². The fraction of sp³-hybridized carbons (Fsp3) is 0.273. The van der Waals surface area contributed by atoms with Crippen LogP contribution in [-0.2, 0) is 4.74 Å². The summed E-state index contributed by atoms with van der Waals surface area (Å²) in [6, 6.07) is 6.08. The number of rotatable bonds is 6. The number of nitrogens with zero attached hydrogens (tertiary/aromatic N) is 3. The molecule has 2 aromatic heterocycles. The van der Waals surface area contributed by atoms with E-state index in [1.165, 1.54) is 0 Å². The van der Waals surface area contributed by atoms with Gasteiger partial charge in [-0.05, 0) is 37.8 Å². The molecule has 0 atom stereocenters. The van der Waals surface area contributed by atoms with Crippen LogP contribution in [0.5, 0.6) is 5.75 Å². The van der Waals surface area contributed by atoms with Crippen LogP contribution >= 0.6 is 0 Å². The summed E-state index contributed by atoms with van der Waals surface area (Å²) in [5.41, 5.74) is 0.874. The van der Waals surface area contributed by atoms with Gasteiger partial charge in [0, 0.05) is 18.2 Å². The van der Waals surface area contributed by atoms with Crippen LogP contribution < -0.4 is 10.1 Å². The monoisotopic (exact) mass is 489 g/mol. The van der Waals surface area contributed by atoms with Crippen molar-refractivity contribution in [1.29, 1.82) is 0 Å². The molecule has 1 aliphatic carbocycles. The zero-order valence-corrected chi connectivity index (χ0v) is 17.9. The summed E-state index contributed by atoms with van der Waals surface area (Å²) in [5, 5.41) is 18.7. The average Bonchev–Trinajstić information content (AvgIpc) is 3.45. The van der Waals surface area contributed by atoms with Gasteiger partial charge in [-0.25, -0.2) is 22.9 Å². The first-order valence-corrected chi connectivity index (χ1v) is 10.7. The van der Waals surface area contributed by atoms with E-state index in [4.69, 9.17) is 19.0 Å². The molecule has 182 valence electrons. The summed E-state index contributed by atoms with van der Waals surface area (Å²) in [7, 11) is 0. The van der Waals surface area contributed by atoms with Gasteiger partial charge in [0.2, 0.25) is 0 Å². The lowest BCUT2D eigenvalue weighted by Crippen LogP contribution is -2.29. The van der Waals surface area contributed by atoms with Gasteiger partial charge in [0.15, 0.2) is 17.5 Å². The molecule has 5 rings (SSSR count). The summed E-state index contributed by atoms with van der Waals surface area (Å²) in [4.78, 5) is 18.1. The van der Waals surface area contributed by atoms with Crippen molar-refractivity contribution in [2.24, 2.45) is 0 Å². The number of aromatic amines is 1. The minimum atomic E-state index is -1.32. The van der Waals surface area contributed by atoms with Crippen LogP contribution in [0.3, 0.4) is 0 Å². The normalized spacial score (nSPS) is 17.9. The van der Waals surface area contributed by atoms with Crippen LogP contribution in [0.2, 0.25) is 0 Å². The van der Waals surface area contributed by atoms with Gasteiger partial charge in [-0.2, -0.15) is 0 Å². The number of ether oxygens (including phenoxy) is 2. The molecule has 13 heteroatoms. The van der Waals surface area contributed by atoms with Crippen molar-refractivity contribution < 1.29 is 37.0 Å². The highest BCUT2D eigenvalue weighted by Crippen LogP contribution is 2.29. The molecule has 1 fully saturated rings. The Labute approximate surface area is 195 Å². The third-order valence-corrected chi connectivity index (χ3v) is 5.52. The van der Waals surface area contributed by atoms with Crippen LogP contribution in [0.1, 0.15) is 25.7 Å². The predicted molar refractivity (Wildman–Crippen MR) is 115 cm³/mol. The number of carbonyl (C=O) groups is 1. The van der Waals surface area contributed by atoms with E-state index in [2.05, 4.69) is 25.5 Å². The predicted octanol–water partition coefficient (Wildman–Crippen LogP) is 5.16. The van der Waals surface area contributed by atoms with Crippen LogP contribution in [0, 0.1) is 17.5 Å². The van der Waals surface area contributed by atoms with Gasteiger partial charge in [0.25, 0.3) is 5.89 Å². The second kappa shape index (κ2) is 9.16. The standard InChI is InChI=1S/C22H18F3N5O5/c23-13-8-15(25)17(9-14(13)24)28-21-30-29-20(35-21)19-26-16-6-5-12(7-18(16)27-19)33-10-1-3-11(4-2-10)34-22(31)32/h5-11H,1-4H2,(H,26,27)(H,28,30)(H,31,32)/t10-,11-. The number of carboxylic acid groups (broad SMARTS) is 1. The fourth-order valence-corrected chi connectivity index (χ4v) is 3.87. The van der Waals surface area contributed by atoms with Gasteiger partial charge < -0.3 is 29.3 Å². The number of halogens is 3. The maximum atomic E-state index is 13.8.